The molecule has 0 aliphatic carbocycles. The van der Waals surface area contributed by atoms with Crippen LogP contribution in [0.1, 0.15) is 0 Å². The van der Waals surface area contributed by atoms with Crippen LogP contribution in [0, 0.1) is 0 Å². The van der Waals surface area contributed by atoms with Crippen LogP contribution in [0.4, 0.5) is 0 Å². The van der Waals surface area contributed by atoms with E-state index in [-0.39, 0.29) is 0 Å². The summed E-state index contributed by atoms with van der Waals surface area (Å²) in [6, 6.07) is 0. The molecule has 1 aliphatic rings. The summed E-state index contributed by atoms with van der Waals surface area (Å²) in [5.41, 5.74) is 0. The van der Waals surface area contributed by atoms with E-state index in [1.807, 2.05) is 0 Å². The van der Waals surface area contributed by atoms with E-state index in [1.54, 1.807) is 0 Å². The first-order valence-electron chi connectivity index (χ1n) is 3.99. The van der Waals surface area contributed by atoms with Crippen molar-refractivity contribution < 1.29 is 29.7 Å². The van der Waals surface area contributed by atoms with Crippen molar-refractivity contribution >= 4 is 0 Å². The molecule has 14 heavy (non-hydrogen) atoms. The van der Waals surface area contributed by atoms with Crippen LogP contribution in [0.3, 0.4) is 0 Å². The Bertz CT molecular complexity index is 166. The normalized spacial score (nSPS) is 43.9. The highest BCUT2D eigenvalue weighted by Crippen LogP contribution is 2.22. The van der Waals surface area contributed by atoms with Gasteiger partial charge >= 0.3 is 0 Å². The molecule has 0 aromatic rings. The van der Waals surface area contributed by atoms with Gasteiger partial charge < -0.3 is 20.1 Å². The molecule has 0 radical (unpaired) electrons. The Hall–Kier alpha value is -0.320. The molecule has 1 rings (SSSR count). The quantitative estimate of drug-likeness (QED) is 0.303. The Morgan fingerprint density at radius 3 is 2.21 bits per heavy atom. The van der Waals surface area contributed by atoms with Crippen LogP contribution in [0.2, 0.25) is 0 Å². The van der Waals surface area contributed by atoms with E-state index in [4.69, 9.17) is 21.6 Å². The van der Waals surface area contributed by atoms with Crippen molar-refractivity contribution in [3.8, 4) is 0 Å². The Morgan fingerprint density at radius 2 is 1.79 bits per heavy atom. The molecule has 7 N–H and O–H groups in total. The van der Waals surface area contributed by atoms with E-state index >= 15 is 0 Å². The molecule has 1 fully saturated rings. The number of ether oxygens (including phenoxy) is 1. The second kappa shape index (κ2) is 4.96. The fourth-order valence-electron chi connectivity index (χ4n) is 1.33. The molecule has 0 saturated carbocycles. The van der Waals surface area contributed by atoms with Crippen LogP contribution in [0.15, 0.2) is 0 Å². The van der Waals surface area contributed by atoms with Crippen molar-refractivity contribution in [1.82, 2.24) is 0 Å². The highest BCUT2D eigenvalue weighted by atomic mass is 16.8. The first kappa shape index (κ1) is 11.8. The number of hydrogen-bond donors (Lipinski definition) is 5. The topological polar surface area (TPSA) is 140 Å². The molecule has 84 valence electrons. The lowest BCUT2D eigenvalue weighted by Crippen LogP contribution is -2.61. The summed E-state index contributed by atoms with van der Waals surface area (Å²) < 4.78 is 4.91. The Morgan fingerprint density at radius 1 is 1.14 bits per heavy atom. The number of aliphatic hydroxyl groups is 3. The number of hydrogen-bond acceptors (Lipinski definition) is 8. The van der Waals surface area contributed by atoms with Crippen LogP contribution in [-0.2, 0) is 14.4 Å². The second-order valence-corrected chi connectivity index (χ2v) is 2.94. The molecule has 1 aliphatic heterocycles. The van der Waals surface area contributed by atoms with E-state index < -0.39 is 37.3 Å². The van der Waals surface area contributed by atoms with Gasteiger partial charge in [0.2, 0.25) is 6.29 Å². The Kier molecular flexibility index (Phi) is 4.16. The largest absolute Gasteiger partial charge is 0.394 e. The molecule has 8 heteroatoms. The predicted molar refractivity (Wildman–Crippen MR) is 42.1 cm³/mol. The van der Waals surface area contributed by atoms with Gasteiger partial charge in [0.05, 0.1) is 6.61 Å². The van der Waals surface area contributed by atoms with Gasteiger partial charge in [-0.25, -0.2) is 11.8 Å². The van der Waals surface area contributed by atoms with Gasteiger partial charge in [0.1, 0.15) is 24.4 Å². The maximum atomic E-state index is 9.47. The van der Waals surface area contributed by atoms with Crippen molar-refractivity contribution in [3.63, 3.8) is 0 Å². The van der Waals surface area contributed by atoms with Gasteiger partial charge in [-0.05, 0) is 0 Å². The molecular weight excluding hydrogens is 196 g/mol. The summed E-state index contributed by atoms with van der Waals surface area (Å²) in [4.78, 5) is 8.64. The van der Waals surface area contributed by atoms with Crippen LogP contribution in [0.25, 0.3) is 0 Å². The zero-order valence-corrected chi connectivity index (χ0v) is 7.31. The smallest absolute Gasteiger partial charge is 0.206 e. The van der Waals surface area contributed by atoms with Crippen molar-refractivity contribution in [2.24, 2.45) is 11.8 Å². The molecule has 0 amide bonds. The highest BCUT2D eigenvalue weighted by molar-refractivity contribution is 4.89. The lowest BCUT2D eigenvalue weighted by atomic mass is 9.99. The summed E-state index contributed by atoms with van der Waals surface area (Å²) in [7, 11) is 0. The van der Waals surface area contributed by atoms with Crippen LogP contribution in [-0.4, -0.2) is 52.6 Å². The third kappa shape index (κ3) is 2.02. The van der Waals surface area contributed by atoms with Gasteiger partial charge in [0, 0.05) is 0 Å². The monoisotopic (exact) mass is 210 g/mol. The standard InChI is InChI=1S/C6H14N2O6/c7-13-5-3(10)2(1-9)12-6(14-8)4(5)11/h2-6,9-11H,1,7-8H2. The minimum Gasteiger partial charge on any atom is -0.394 e. The van der Waals surface area contributed by atoms with Gasteiger partial charge in [0.15, 0.2) is 0 Å². The van der Waals surface area contributed by atoms with E-state index in [0.717, 1.165) is 0 Å². The van der Waals surface area contributed by atoms with Gasteiger partial charge in [-0.15, -0.1) is 0 Å². The molecule has 0 spiro atoms. The van der Waals surface area contributed by atoms with Crippen molar-refractivity contribution in [2.45, 2.75) is 30.7 Å². The first-order chi connectivity index (χ1) is 6.65. The Labute approximate surface area is 79.9 Å². The zero-order chi connectivity index (χ0) is 10.7. The second-order valence-electron chi connectivity index (χ2n) is 2.94. The fourth-order valence-corrected chi connectivity index (χ4v) is 1.33. The molecule has 0 aromatic carbocycles. The van der Waals surface area contributed by atoms with Gasteiger partial charge in [-0.3, -0.25) is 9.68 Å². The van der Waals surface area contributed by atoms with E-state index in [0.29, 0.717) is 0 Å². The lowest BCUT2D eigenvalue weighted by Gasteiger charge is -2.39. The van der Waals surface area contributed by atoms with Gasteiger partial charge in [-0.2, -0.15) is 0 Å². The SMILES string of the molecule is NOC1OC(CO)C(O)C(ON)C1O. The molecule has 8 nitrogen and oxygen atoms in total. The maximum absolute atomic E-state index is 9.47. The minimum atomic E-state index is -1.32. The predicted octanol–water partition coefficient (Wildman–Crippen LogP) is -3.43. The molecule has 5 atom stereocenters. The fraction of sp³-hybridized carbons (Fsp3) is 1.00. The molecule has 1 heterocycles. The van der Waals surface area contributed by atoms with Crippen molar-refractivity contribution in [3.05, 3.63) is 0 Å². The van der Waals surface area contributed by atoms with Gasteiger partial charge in [0.25, 0.3) is 0 Å². The van der Waals surface area contributed by atoms with Crippen LogP contribution in [0.5, 0.6) is 0 Å². The Balaban J connectivity index is 2.72. The molecule has 0 aromatic heterocycles. The number of rotatable bonds is 3. The highest BCUT2D eigenvalue weighted by Gasteiger charge is 2.45. The average Bonchev–Trinajstić information content (AvgIpc) is 2.19. The zero-order valence-electron chi connectivity index (χ0n) is 7.31. The summed E-state index contributed by atoms with van der Waals surface area (Å²) in [6.45, 7) is -0.465. The minimum absolute atomic E-state index is 0.465. The molecule has 5 unspecified atom stereocenters. The summed E-state index contributed by atoms with van der Waals surface area (Å²) in [6.07, 6.45) is -5.83. The maximum Gasteiger partial charge on any atom is 0.206 e. The number of nitrogens with two attached hydrogens (primary N) is 2. The summed E-state index contributed by atoms with van der Waals surface area (Å²) in [5.74, 6) is 9.69. The van der Waals surface area contributed by atoms with Crippen LogP contribution < -0.4 is 11.8 Å². The summed E-state index contributed by atoms with van der Waals surface area (Å²) >= 11 is 0. The van der Waals surface area contributed by atoms with Gasteiger partial charge in [-0.1, -0.05) is 0 Å². The third-order valence-electron chi connectivity index (χ3n) is 2.11. The first-order valence-corrected chi connectivity index (χ1v) is 3.99. The van der Waals surface area contributed by atoms with Crippen molar-refractivity contribution in [1.29, 1.82) is 0 Å². The van der Waals surface area contributed by atoms with Crippen LogP contribution >= 0.6 is 0 Å². The van der Waals surface area contributed by atoms with E-state index in [1.165, 1.54) is 0 Å². The summed E-state index contributed by atoms with van der Waals surface area (Å²) in [5, 5.41) is 27.7. The molecule has 0 bridgehead atoms. The average molecular weight is 210 g/mol. The van der Waals surface area contributed by atoms with Crippen molar-refractivity contribution in [2.75, 3.05) is 6.61 Å². The van der Waals surface area contributed by atoms with E-state index in [2.05, 4.69) is 9.68 Å². The molecular formula is C6H14N2O6. The third-order valence-corrected chi connectivity index (χ3v) is 2.11. The lowest BCUT2D eigenvalue weighted by molar-refractivity contribution is -0.310. The molecule has 1 saturated heterocycles. The van der Waals surface area contributed by atoms with E-state index in [9.17, 15) is 10.2 Å². The number of aliphatic hydroxyl groups excluding tert-OH is 3.